The van der Waals surface area contributed by atoms with E-state index in [1.807, 2.05) is 0 Å². The first-order valence-corrected chi connectivity index (χ1v) is 4.03. The van der Waals surface area contributed by atoms with Crippen molar-refractivity contribution in [2.24, 2.45) is 0 Å². The van der Waals surface area contributed by atoms with Gasteiger partial charge in [0.15, 0.2) is 0 Å². The zero-order valence-corrected chi connectivity index (χ0v) is 7.92. The number of nitrogens with zero attached hydrogens (tertiary/aromatic N) is 1. The van der Waals surface area contributed by atoms with E-state index >= 15 is 0 Å². The molecule has 0 radical (unpaired) electrons. The molecule has 3 nitrogen and oxygen atoms in total. The predicted octanol–water partition coefficient (Wildman–Crippen LogP) is 1.83. The smallest absolute Gasteiger partial charge is 0.264 e. The summed E-state index contributed by atoms with van der Waals surface area (Å²) in [5.74, 6) is 0.134. The number of halogens is 2. The van der Waals surface area contributed by atoms with Crippen LogP contribution in [0.3, 0.4) is 0 Å². The monoisotopic (exact) mass is 203 g/mol. The Morgan fingerprint density at radius 1 is 1.57 bits per heavy atom. The molecule has 0 amide bonds. The molecule has 0 aliphatic carbocycles. The number of aromatic nitrogens is 1. The number of aliphatic hydroxyl groups is 1. The van der Waals surface area contributed by atoms with Crippen LogP contribution >= 0.6 is 0 Å². The Kier molecular flexibility index (Phi) is 3.35. The number of aliphatic hydroxyl groups excluding tert-OH is 1. The quantitative estimate of drug-likeness (QED) is 0.814. The summed E-state index contributed by atoms with van der Waals surface area (Å²) in [6.07, 6.45) is -2.63. The van der Waals surface area contributed by atoms with Crippen molar-refractivity contribution in [1.82, 2.24) is 4.98 Å². The lowest BCUT2D eigenvalue weighted by molar-refractivity contribution is 0.146. The van der Waals surface area contributed by atoms with Crippen molar-refractivity contribution >= 4 is 0 Å². The molecule has 0 aliphatic heterocycles. The summed E-state index contributed by atoms with van der Waals surface area (Å²) in [4.78, 5) is 3.89. The summed E-state index contributed by atoms with van der Waals surface area (Å²) in [6, 6.07) is 1.14. The molecule has 0 aliphatic rings. The highest BCUT2D eigenvalue weighted by atomic mass is 19.3. The number of hydrogen-bond acceptors (Lipinski definition) is 3. The molecular formula is C9H11F2NO2. The first kappa shape index (κ1) is 10.8. The number of pyridine rings is 1. The fourth-order valence-corrected chi connectivity index (χ4v) is 1.20. The molecule has 1 N–H and O–H groups in total. The van der Waals surface area contributed by atoms with E-state index in [4.69, 9.17) is 9.84 Å². The van der Waals surface area contributed by atoms with Gasteiger partial charge in [0.25, 0.3) is 6.43 Å². The molecule has 1 rings (SSSR count). The number of hydrogen-bond donors (Lipinski definition) is 1. The number of alkyl halides is 2. The molecule has 5 heteroatoms. The van der Waals surface area contributed by atoms with Gasteiger partial charge in [-0.25, -0.2) is 13.8 Å². The highest BCUT2D eigenvalue weighted by Crippen LogP contribution is 2.27. The lowest BCUT2D eigenvalue weighted by Crippen LogP contribution is -2.02. The second-order valence-corrected chi connectivity index (χ2v) is 2.78. The molecular weight excluding hydrogens is 192 g/mol. The standard InChI is InChI=1S/C9H11F2NO2/c1-5-7(4-13)6(9(10)11)3-8(12-5)14-2/h3,9,13H,4H2,1-2H3. The summed E-state index contributed by atoms with van der Waals surface area (Å²) in [6.45, 7) is 1.11. The van der Waals surface area contributed by atoms with Gasteiger partial charge in [-0.3, -0.25) is 0 Å². The molecule has 0 spiro atoms. The number of ether oxygens (including phenoxy) is 1. The topological polar surface area (TPSA) is 42.4 Å². The Morgan fingerprint density at radius 2 is 2.21 bits per heavy atom. The summed E-state index contributed by atoms with van der Waals surface area (Å²) in [7, 11) is 1.36. The van der Waals surface area contributed by atoms with E-state index in [1.165, 1.54) is 7.11 Å². The summed E-state index contributed by atoms with van der Waals surface area (Å²) in [5.41, 5.74) is 0.305. The van der Waals surface area contributed by atoms with Crippen LogP contribution in [0.2, 0.25) is 0 Å². The average molecular weight is 203 g/mol. The maximum atomic E-state index is 12.5. The molecule has 78 valence electrons. The summed E-state index contributed by atoms with van der Waals surface area (Å²) in [5, 5.41) is 8.90. The lowest BCUT2D eigenvalue weighted by atomic mass is 10.1. The van der Waals surface area contributed by atoms with Crippen LogP contribution in [0.5, 0.6) is 5.88 Å². The molecule has 0 aromatic carbocycles. The van der Waals surface area contributed by atoms with Crippen LogP contribution in [-0.2, 0) is 6.61 Å². The third-order valence-corrected chi connectivity index (χ3v) is 1.94. The average Bonchev–Trinajstić information content (AvgIpc) is 2.16. The maximum absolute atomic E-state index is 12.5. The molecule has 14 heavy (non-hydrogen) atoms. The molecule has 0 saturated heterocycles. The number of rotatable bonds is 3. The minimum Gasteiger partial charge on any atom is -0.481 e. The van der Waals surface area contributed by atoms with Crippen molar-refractivity contribution in [2.75, 3.05) is 7.11 Å². The summed E-state index contributed by atoms with van der Waals surface area (Å²) < 4.78 is 29.8. The lowest BCUT2D eigenvalue weighted by Gasteiger charge is -2.10. The first-order chi connectivity index (χ1) is 6.60. The Bertz CT molecular complexity index is 329. The van der Waals surface area contributed by atoms with Crippen molar-refractivity contribution in [1.29, 1.82) is 0 Å². The second kappa shape index (κ2) is 4.32. The van der Waals surface area contributed by atoms with Crippen molar-refractivity contribution < 1.29 is 18.6 Å². The van der Waals surface area contributed by atoms with Gasteiger partial charge in [0.2, 0.25) is 5.88 Å². The van der Waals surface area contributed by atoms with Crippen molar-refractivity contribution in [3.05, 3.63) is 22.9 Å². The minimum atomic E-state index is -2.63. The van der Waals surface area contributed by atoms with Crippen LogP contribution in [0.15, 0.2) is 6.07 Å². The van der Waals surface area contributed by atoms with E-state index in [0.717, 1.165) is 6.07 Å². The Balaban J connectivity index is 3.28. The molecule has 1 aromatic rings. The molecule has 0 fully saturated rings. The van der Waals surface area contributed by atoms with Crippen LogP contribution in [0.4, 0.5) is 8.78 Å². The first-order valence-electron chi connectivity index (χ1n) is 4.03. The summed E-state index contributed by atoms with van der Waals surface area (Å²) >= 11 is 0. The van der Waals surface area contributed by atoms with E-state index in [-0.39, 0.29) is 17.0 Å². The number of methoxy groups -OCH3 is 1. The molecule has 0 saturated carbocycles. The Morgan fingerprint density at radius 3 is 2.64 bits per heavy atom. The maximum Gasteiger partial charge on any atom is 0.264 e. The van der Waals surface area contributed by atoms with Gasteiger partial charge < -0.3 is 9.84 Å². The van der Waals surface area contributed by atoms with Gasteiger partial charge in [-0.05, 0) is 6.92 Å². The molecule has 0 bridgehead atoms. The fourth-order valence-electron chi connectivity index (χ4n) is 1.20. The van der Waals surface area contributed by atoms with Gasteiger partial charge in [-0.2, -0.15) is 0 Å². The van der Waals surface area contributed by atoms with Gasteiger partial charge >= 0.3 is 0 Å². The SMILES string of the molecule is COc1cc(C(F)F)c(CO)c(C)n1. The fraction of sp³-hybridized carbons (Fsp3) is 0.444. The van der Waals surface area contributed by atoms with Crippen LogP contribution in [0, 0.1) is 6.92 Å². The normalized spacial score (nSPS) is 10.7. The van der Waals surface area contributed by atoms with E-state index < -0.39 is 13.0 Å². The van der Waals surface area contributed by atoms with Gasteiger partial charge in [-0.1, -0.05) is 0 Å². The second-order valence-electron chi connectivity index (χ2n) is 2.78. The Labute approximate surface area is 80.3 Å². The molecule has 1 aromatic heterocycles. The van der Waals surface area contributed by atoms with E-state index in [0.29, 0.717) is 5.69 Å². The van der Waals surface area contributed by atoms with E-state index in [9.17, 15) is 8.78 Å². The van der Waals surface area contributed by atoms with Crippen LogP contribution < -0.4 is 4.74 Å². The highest BCUT2D eigenvalue weighted by Gasteiger charge is 2.16. The predicted molar refractivity (Wildman–Crippen MR) is 46.4 cm³/mol. The van der Waals surface area contributed by atoms with Gasteiger partial charge in [0.1, 0.15) is 0 Å². The molecule has 0 atom stereocenters. The molecule has 1 heterocycles. The Hall–Kier alpha value is -1.23. The third kappa shape index (κ3) is 1.98. The number of aryl methyl sites for hydroxylation is 1. The van der Waals surface area contributed by atoms with E-state index in [1.54, 1.807) is 6.92 Å². The molecule has 0 unspecified atom stereocenters. The highest BCUT2D eigenvalue weighted by molar-refractivity contribution is 5.35. The van der Waals surface area contributed by atoms with Crippen LogP contribution in [-0.4, -0.2) is 17.2 Å². The van der Waals surface area contributed by atoms with Crippen LogP contribution in [0.1, 0.15) is 23.2 Å². The minimum absolute atomic E-state index is 0.134. The van der Waals surface area contributed by atoms with Gasteiger partial charge in [0.05, 0.1) is 13.7 Å². The largest absolute Gasteiger partial charge is 0.481 e. The van der Waals surface area contributed by atoms with Crippen molar-refractivity contribution in [3.8, 4) is 5.88 Å². The van der Waals surface area contributed by atoms with Crippen molar-refractivity contribution in [2.45, 2.75) is 20.0 Å². The van der Waals surface area contributed by atoms with Crippen LogP contribution in [0.25, 0.3) is 0 Å². The van der Waals surface area contributed by atoms with Gasteiger partial charge in [0, 0.05) is 22.9 Å². The zero-order valence-electron chi connectivity index (χ0n) is 7.92. The zero-order chi connectivity index (χ0) is 10.7. The van der Waals surface area contributed by atoms with Crippen molar-refractivity contribution in [3.63, 3.8) is 0 Å². The van der Waals surface area contributed by atoms with Gasteiger partial charge in [-0.15, -0.1) is 0 Å². The third-order valence-electron chi connectivity index (χ3n) is 1.94. The van der Waals surface area contributed by atoms with E-state index in [2.05, 4.69) is 4.98 Å².